The number of aliphatic hydroxyl groups is 1. The first-order chi connectivity index (χ1) is 10.5. The number of hydrogen-bond donors (Lipinski definition) is 1. The Morgan fingerprint density at radius 3 is 2.55 bits per heavy atom. The summed E-state index contributed by atoms with van der Waals surface area (Å²) in [7, 11) is 1.53. The van der Waals surface area contributed by atoms with Crippen molar-refractivity contribution in [1.82, 2.24) is 0 Å². The molecule has 0 aromatic carbocycles. The van der Waals surface area contributed by atoms with Gasteiger partial charge in [0, 0.05) is 19.4 Å². The summed E-state index contributed by atoms with van der Waals surface area (Å²) >= 11 is 0. The van der Waals surface area contributed by atoms with Gasteiger partial charge in [0.1, 0.15) is 12.7 Å². The first-order valence-electron chi connectivity index (χ1n) is 7.73. The first-order valence-corrected chi connectivity index (χ1v) is 7.73. The molecule has 0 bridgehead atoms. The van der Waals surface area contributed by atoms with Gasteiger partial charge in [-0.2, -0.15) is 0 Å². The topological polar surface area (TPSA) is 55.8 Å². The van der Waals surface area contributed by atoms with E-state index in [0.717, 1.165) is 24.8 Å². The average Bonchev–Trinajstić information content (AvgIpc) is 2.50. The maximum absolute atomic E-state index is 11.6. The van der Waals surface area contributed by atoms with Crippen LogP contribution in [0.2, 0.25) is 0 Å². The van der Waals surface area contributed by atoms with Crippen LogP contribution in [0.3, 0.4) is 0 Å². The van der Waals surface area contributed by atoms with E-state index in [1.807, 2.05) is 26.0 Å². The van der Waals surface area contributed by atoms with Gasteiger partial charge < -0.3 is 14.6 Å². The maximum Gasteiger partial charge on any atom is 0.306 e. The highest BCUT2D eigenvalue weighted by molar-refractivity contribution is 5.69. The van der Waals surface area contributed by atoms with Crippen molar-refractivity contribution in [2.24, 2.45) is 5.92 Å². The lowest BCUT2D eigenvalue weighted by atomic mass is 9.97. The molecule has 3 atom stereocenters. The van der Waals surface area contributed by atoms with Gasteiger partial charge in [-0.15, -0.1) is 13.2 Å². The van der Waals surface area contributed by atoms with E-state index in [4.69, 9.17) is 9.47 Å². The van der Waals surface area contributed by atoms with Crippen LogP contribution in [0.4, 0.5) is 0 Å². The Balaban J connectivity index is 4.18. The van der Waals surface area contributed by atoms with Crippen molar-refractivity contribution in [1.29, 1.82) is 0 Å². The zero-order chi connectivity index (χ0) is 17.0. The Hall–Kier alpha value is -1.39. The van der Waals surface area contributed by atoms with Gasteiger partial charge >= 0.3 is 5.97 Å². The summed E-state index contributed by atoms with van der Waals surface area (Å²) in [4.78, 5) is 11.6. The van der Waals surface area contributed by atoms with Crippen LogP contribution in [0.15, 0.2) is 37.0 Å². The highest BCUT2D eigenvalue weighted by Crippen LogP contribution is 2.14. The minimum atomic E-state index is -0.674. The molecule has 4 heteroatoms. The number of methoxy groups -OCH3 is 1. The zero-order valence-electron chi connectivity index (χ0n) is 14.1. The molecule has 0 aliphatic carbocycles. The van der Waals surface area contributed by atoms with E-state index in [0.29, 0.717) is 6.42 Å². The van der Waals surface area contributed by atoms with Crippen LogP contribution in [0.1, 0.15) is 39.5 Å². The van der Waals surface area contributed by atoms with Gasteiger partial charge in [0.2, 0.25) is 0 Å². The Bertz CT molecular complexity index is 373. The average molecular weight is 310 g/mol. The normalized spacial score (nSPS) is 15.7. The molecule has 0 radical (unpaired) electrons. The molecule has 22 heavy (non-hydrogen) atoms. The molecule has 0 spiro atoms. The summed E-state index contributed by atoms with van der Waals surface area (Å²) in [6.45, 7) is 11.3. The molecule has 0 fully saturated rings. The summed E-state index contributed by atoms with van der Waals surface area (Å²) < 4.78 is 10.3. The number of unbranched alkanes of at least 4 members (excludes halogenated alkanes) is 2. The molecular formula is C18H30O4. The molecule has 126 valence electrons. The molecule has 0 unspecified atom stereocenters. The van der Waals surface area contributed by atoms with Crippen LogP contribution in [0, 0.1) is 5.92 Å². The van der Waals surface area contributed by atoms with Crippen LogP contribution >= 0.6 is 0 Å². The number of ether oxygens (including phenoxy) is 2. The Kier molecular flexibility index (Phi) is 11.4. The maximum atomic E-state index is 11.6. The number of carbonyl (C=O) groups excluding carboxylic acids is 1. The number of aliphatic hydroxyl groups excluding tert-OH is 1. The van der Waals surface area contributed by atoms with Crippen molar-refractivity contribution in [3.63, 3.8) is 0 Å². The molecule has 1 N–H and O–H groups in total. The summed E-state index contributed by atoms with van der Waals surface area (Å²) in [6, 6.07) is 0. The number of hydrogen-bond acceptors (Lipinski definition) is 4. The quantitative estimate of drug-likeness (QED) is 0.341. The van der Waals surface area contributed by atoms with Crippen LogP contribution in [0.5, 0.6) is 0 Å². The van der Waals surface area contributed by atoms with E-state index >= 15 is 0 Å². The van der Waals surface area contributed by atoms with Crippen LogP contribution in [-0.2, 0) is 14.3 Å². The number of carbonyl (C=O) groups is 1. The Morgan fingerprint density at radius 1 is 1.32 bits per heavy atom. The molecule has 0 aliphatic heterocycles. The second-order valence-electron chi connectivity index (χ2n) is 5.49. The molecule has 0 amide bonds. The highest BCUT2D eigenvalue weighted by Gasteiger charge is 2.20. The standard InChI is InChI=1S/C18H30O4/c1-6-8-9-10-11-17(19)22-13-14(3)12-15(4)18(20)16(7-2)21-5/h6-7,12,15-16,18,20H,1-2,8-11,13H2,3-5H3/b14-12-/t15-,16-,18+/m1/s1. The van der Waals surface area contributed by atoms with Crippen LogP contribution < -0.4 is 0 Å². The lowest BCUT2D eigenvalue weighted by molar-refractivity contribution is -0.142. The largest absolute Gasteiger partial charge is 0.461 e. The molecular weight excluding hydrogens is 280 g/mol. The van der Waals surface area contributed by atoms with Gasteiger partial charge in [0.25, 0.3) is 0 Å². The van der Waals surface area contributed by atoms with Gasteiger partial charge in [-0.05, 0) is 31.8 Å². The van der Waals surface area contributed by atoms with E-state index in [1.165, 1.54) is 7.11 Å². The predicted molar refractivity (Wildman–Crippen MR) is 89.5 cm³/mol. The van der Waals surface area contributed by atoms with E-state index in [-0.39, 0.29) is 18.5 Å². The first kappa shape index (κ1) is 20.6. The van der Waals surface area contributed by atoms with Crippen molar-refractivity contribution < 1.29 is 19.4 Å². The van der Waals surface area contributed by atoms with E-state index in [9.17, 15) is 9.90 Å². The number of allylic oxidation sites excluding steroid dienone is 1. The molecule has 0 saturated carbocycles. The Morgan fingerprint density at radius 2 is 2.00 bits per heavy atom. The summed E-state index contributed by atoms with van der Waals surface area (Å²) in [6.07, 6.45) is 7.36. The monoisotopic (exact) mass is 310 g/mol. The number of rotatable bonds is 12. The SMILES string of the molecule is C=CCCCCC(=O)OC/C(C)=C\[C@@H](C)[C@H](O)[C@@H](C=C)OC. The smallest absolute Gasteiger partial charge is 0.306 e. The van der Waals surface area contributed by atoms with Gasteiger partial charge in [-0.1, -0.05) is 25.2 Å². The second kappa shape index (κ2) is 12.2. The molecule has 0 aromatic rings. The molecule has 0 heterocycles. The summed E-state index contributed by atoms with van der Waals surface area (Å²) in [5.41, 5.74) is 0.907. The van der Waals surface area contributed by atoms with Crippen molar-refractivity contribution in [2.45, 2.75) is 51.7 Å². The van der Waals surface area contributed by atoms with Gasteiger partial charge in [-0.25, -0.2) is 0 Å². The van der Waals surface area contributed by atoms with Gasteiger partial charge in [-0.3, -0.25) is 4.79 Å². The van der Waals surface area contributed by atoms with E-state index in [2.05, 4.69) is 13.2 Å². The molecule has 4 nitrogen and oxygen atoms in total. The summed E-state index contributed by atoms with van der Waals surface area (Å²) in [5, 5.41) is 10.1. The number of esters is 1. The minimum Gasteiger partial charge on any atom is -0.461 e. The third kappa shape index (κ3) is 8.80. The fourth-order valence-electron chi connectivity index (χ4n) is 2.09. The van der Waals surface area contributed by atoms with Gasteiger partial charge in [0.15, 0.2) is 0 Å². The Labute approximate surface area is 134 Å². The van der Waals surface area contributed by atoms with Crippen LogP contribution in [-0.4, -0.2) is 37.0 Å². The highest BCUT2D eigenvalue weighted by atomic mass is 16.5. The molecule has 0 saturated heterocycles. The predicted octanol–water partition coefficient (Wildman–Crippen LogP) is 3.42. The third-order valence-electron chi connectivity index (χ3n) is 3.43. The van der Waals surface area contributed by atoms with Crippen molar-refractivity contribution in [2.75, 3.05) is 13.7 Å². The fraction of sp³-hybridized carbons (Fsp3) is 0.611. The fourth-order valence-corrected chi connectivity index (χ4v) is 2.09. The van der Waals surface area contributed by atoms with Crippen molar-refractivity contribution in [3.05, 3.63) is 37.0 Å². The minimum absolute atomic E-state index is 0.116. The molecule has 0 aliphatic rings. The second-order valence-corrected chi connectivity index (χ2v) is 5.49. The lowest BCUT2D eigenvalue weighted by Crippen LogP contribution is -2.31. The third-order valence-corrected chi connectivity index (χ3v) is 3.43. The van der Waals surface area contributed by atoms with Crippen molar-refractivity contribution >= 4 is 5.97 Å². The van der Waals surface area contributed by atoms with Crippen LogP contribution in [0.25, 0.3) is 0 Å². The van der Waals surface area contributed by atoms with E-state index in [1.54, 1.807) is 6.08 Å². The molecule has 0 aromatic heterocycles. The summed E-state index contributed by atoms with van der Waals surface area (Å²) in [5.74, 6) is -0.305. The zero-order valence-corrected chi connectivity index (χ0v) is 14.1. The van der Waals surface area contributed by atoms with E-state index < -0.39 is 12.2 Å². The van der Waals surface area contributed by atoms with Gasteiger partial charge in [0.05, 0.1) is 6.10 Å². The van der Waals surface area contributed by atoms with Crippen molar-refractivity contribution in [3.8, 4) is 0 Å². The lowest BCUT2D eigenvalue weighted by Gasteiger charge is -2.22. The molecule has 0 rings (SSSR count).